The van der Waals surface area contributed by atoms with E-state index in [-0.39, 0.29) is 11.5 Å². The van der Waals surface area contributed by atoms with Crippen LogP contribution in [0.3, 0.4) is 0 Å². The third-order valence-corrected chi connectivity index (χ3v) is 4.79. The first-order valence-corrected chi connectivity index (χ1v) is 8.91. The number of hydrogen-bond donors (Lipinski definition) is 0. The van der Waals surface area contributed by atoms with E-state index in [1.165, 1.54) is 28.8 Å². The first kappa shape index (κ1) is 17.2. The van der Waals surface area contributed by atoms with Gasteiger partial charge in [-0.1, -0.05) is 74.7 Å². The molecular weight excluding hydrogens is 309 g/mol. The molecule has 0 saturated heterocycles. The number of benzene rings is 3. The molecule has 0 N–H and O–H groups in total. The average Bonchev–Trinajstić information content (AvgIpc) is 2.65. The summed E-state index contributed by atoms with van der Waals surface area (Å²) in [6.45, 7) is 2.19. The lowest BCUT2D eigenvalue weighted by molar-refractivity contribution is 0.600. The van der Waals surface area contributed by atoms with Crippen molar-refractivity contribution in [2.24, 2.45) is 0 Å². The van der Waals surface area contributed by atoms with Gasteiger partial charge in [-0.05, 0) is 40.5 Å². The van der Waals surface area contributed by atoms with Crippen LogP contribution in [-0.4, -0.2) is 0 Å². The molecule has 0 amide bonds. The van der Waals surface area contributed by atoms with E-state index < -0.39 is 5.82 Å². The standard InChI is InChI=1S/C23H22FN/c1-2-3-4-9-22(20-12-13-21(16-25)23(24)15-20)19-11-10-17-7-5-6-8-18(17)14-19/h5-8,10-15,22H,2-4,9H2,1H3. The lowest BCUT2D eigenvalue weighted by Gasteiger charge is -2.19. The van der Waals surface area contributed by atoms with Gasteiger partial charge in [-0.3, -0.25) is 0 Å². The highest BCUT2D eigenvalue weighted by Crippen LogP contribution is 2.32. The van der Waals surface area contributed by atoms with Gasteiger partial charge in [0.2, 0.25) is 0 Å². The molecule has 0 radical (unpaired) electrons. The van der Waals surface area contributed by atoms with Crippen molar-refractivity contribution in [2.45, 2.75) is 38.5 Å². The van der Waals surface area contributed by atoms with Crippen molar-refractivity contribution in [2.75, 3.05) is 0 Å². The molecule has 3 aromatic carbocycles. The Morgan fingerprint density at radius 3 is 2.36 bits per heavy atom. The first-order chi connectivity index (χ1) is 12.2. The molecule has 1 unspecified atom stereocenters. The molecule has 0 fully saturated rings. The quantitative estimate of drug-likeness (QED) is 0.469. The molecule has 0 aliphatic heterocycles. The normalized spacial score (nSPS) is 12.0. The molecule has 0 bridgehead atoms. The van der Waals surface area contributed by atoms with Gasteiger partial charge in [0.05, 0.1) is 5.56 Å². The Balaban J connectivity index is 2.01. The molecule has 0 aliphatic carbocycles. The SMILES string of the molecule is CCCCCC(c1ccc(C#N)c(F)c1)c1ccc2ccccc2c1. The van der Waals surface area contributed by atoms with Gasteiger partial charge in [0.1, 0.15) is 11.9 Å². The summed E-state index contributed by atoms with van der Waals surface area (Å²) in [6.07, 6.45) is 4.42. The fourth-order valence-electron chi connectivity index (χ4n) is 3.39. The van der Waals surface area contributed by atoms with Gasteiger partial charge in [0.15, 0.2) is 0 Å². The molecule has 1 nitrogen and oxygen atoms in total. The van der Waals surface area contributed by atoms with Gasteiger partial charge in [-0.2, -0.15) is 5.26 Å². The highest BCUT2D eigenvalue weighted by molar-refractivity contribution is 5.83. The van der Waals surface area contributed by atoms with E-state index >= 15 is 0 Å². The summed E-state index contributed by atoms with van der Waals surface area (Å²) in [4.78, 5) is 0. The van der Waals surface area contributed by atoms with Crippen LogP contribution in [0.4, 0.5) is 4.39 Å². The van der Waals surface area contributed by atoms with Gasteiger partial charge < -0.3 is 0 Å². The predicted molar refractivity (Wildman–Crippen MR) is 101 cm³/mol. The molecule has 25 heavy (non-hydrogen) atoms. The Kier molecular flexibility index (Phi) is 5.46. The summed E-state index contributed by atoms with van der Waals surface area (Å²) in [5.74, 6) is -0.278. The third-order valence-electron chi connectivity index (χ3n) is 4.79. The van der Waals surface area contributed by atoms with E-state index in [1.807, 2.05) is 24.3 Å². The van der Waals surface area contributed by atoms with E-state index in [1.54, 1.807) is 6.07 Å². The highest BCUT2D eigenvalue weighted by atomic mass is 19.1. The highest BCUT2D eigenvalue weighted by Gasteiger charge is 2.16. The van der Waals surface area contributed by atoms with E-state index in [0.29, 0.717) is 0 Å². The summed E-state index contributed by atoms with van der Waals surface area (Å²) in [7, 11) is 0. The molecule has 2 heteroatoms. The molecule has 3 rings (SSSR count). The Morgan fingerprint density at radius 2 is 1.64 bits per heavy atom. The van der Waals surface area contributed by atoms with Gasteiger partial charge in [-0.15, -0.1) is 0 Å². The largest absolute Gasteiger partial charge is 0.206 e. The zero-order valence-electron chi connectivity index (χ0n) is 14.5. The van der Waals surface area contributed by atoms with Crippen molar-refractivity contribution in [3.05, 3.63) is 83.2 Å². The predicted octanol–water partition coefficient (Wildman–Crippen LogP) is 6.56. The number of nitriles is 1. The summed E-state index contributed by atoms with van der Waals surface area (Å²) in [5.41, 5.74) is 2.26. The molecular formula is C23H22FN. The van der Waals surface area contributed by atoms with Crippen molar-refractivity contribution in [1.82, 2.24) is 0 Å². The van der Waals surface area contributed by atoms with Crippen molar-refractivity contribution in [3.63, 3.8) is 0 Å². The van der Waals surface area contributed by atoms with Crippen molar-refractivity contribution < 1.29 is 4.39 Å². The van der Waals surface area contributed by atoms with E-state index in [2.05, 4.69) is 37.3 Å². The maximum Gasteiger partial charge on any atom is 0.141 e. The number of unbranched alkanes of at least 4 members (excludes halogenated alkanes) is 2. The van der Waals surface area contributed by atoms with E-state index in [0.717, 1.165) is 24.8 Å². The van der Waals surface area contributed by atoms with Gasteiger partial charge in [0.25, 0.3) is 0 Å². The Hall–Kier alpha value is -2.66. The minimum Gasteiger partial charge on any atom is -0.206 e. The summed E-state index contributed by atoms with van der Waals surface area (Å²) >= 11 is 0. The Morgan fingerprint density at radius 1 is 0.920 bits per heavy atom. The topological polar surface area (TPSA) is 23.8 Å². The summed E-state index contributed by atoms with van der Waals surface area (Å²) in [5, 5.41) is 11.4. The molecule has 0 aliphatic rings. The van der Waals surface area contributed by atoms with Crippen molar-refractivity contribution in [1.29, 1.82) is 5.26 Å². The van der Waals surface area contributed by atoms with Crippen LogP contribution in [0.1, 0.15) is 55.2 Å². The fourth-order valence-corrected chi connectivity index (χ4v) is 3.39. The number of hydrogen-bond acceptors (Lipinski definition) is 1. The fraction of sp³-hybridized carbons (Fsp3) is 0.261. The van der Waals surface area contributed by atoms with Gasteiger partial charge in [0, 0.05) is 5.92 Å². The second kappa shape index (κ2) is 7.94. The second-order valence-corrected chi connectivity index (χ2v) is 6.51. The van der Waals surface area contributed by atoms with Gasteiger partial charge in [-0.25, -0.2) is 4.39 Å². The van der Waals surface area contributed by atoms with Crippen LogP contribution < -0.4 is 0 Å². The number of halogens is 1. The number of rotatable bonds is 6. The third kappa shape index (κ3) is 3.88. The van der Waals surface area contributed by atoms with Crippen molar-refractivity contribution in [3.8, 4) is 6.07 Å². The molecule has 0 aromatic heterocycles. The second-order valence-electron chi connectivity index (χ2n) is 6.51. The van der Waals surface area contributed by atoms with Crippen LogP contribution >= 0.6 is 0 Å². The first-order valence-electron chi connectivity index (χ1n) is 8.91. The van der Waals surface area contributed by atoms with Crippen LogP contribution in [0.25, 0.3) is 10.8 Å². The summed E-state index contributed by atoms with van der Waals surface area (Å²) in [6, 6.07) is 21.7. The lowest BCUT2D eigenvalue weighted by atomic mass is 9.85. The average molecular weight is 331 g/mol. The van der Waals surface area contributed by atoms with E-state index in [9.17, 15) is 4.39 Å². The smallest absolute Gasteiger partial charge is 0.141 e. The lowest BCUT2D eigenvalue weighted by Crippen LogP contribution is -2.03. The van der Waals surface area contributed by atoms with E-state index in [4.69, 9.17) is 5.26 Å². The molecule has 0 spiro atoms. The molecule has 126 valence electrons. The molecule has 0 saturated carbocycles. The number of fused-ring (bicyclic) bond motifs is 1. The summed E-state index contributed by atoms with van der Waals surface area (Å²) < 4.78 is 14.1. The minimum absolute atomic E-state index is 0.106. The Bertz CT molecular complexity index is 907. The maximum atomic E-state index is 14.1. The van der Waals surface area contributed by atoms with Crippen LogP contribution in [0.15, 0.2) is 60.7 Å². The van der Waals surface area contributed by atoms with Crippen LogP contribution in [0.5, 0.6) is 0 Å². The van der Waals surface area contributed by atoms with Crippen LogP contribution in [-0.2, 0) is 0 Å². The van der Waals surface area contributed by atoms with Gasteiger partial charge >= 0.3 is 0 Å². The zero-order valence-corrected chi connectivity index (χ0v) is 14.5. The monoisotopic (exact) mass is 331 g/mol. The minimum atomic E-state index is -0.429. The molecule has 3 aromatic rings. The van der Waals surface area contributed by atoms with Crippen LogP contribution in [0.2, 0.25) is 0 Å². The molecule has 1 atom stereocenters. The van der Waals surface area contributed by atoms with Crippen molar-refractivity contribution >= 4 is 10.8 Å². The number of nitrogens with zero attached hydrogens (tertiary/aromatic N) is 1. The molecule has 0 heterocycles. The Labute approximate surface area is 148 Å². The zero-order chi connectivity index (χ0) is 17.6. The maximum absolute atomic E-state index is 14.1. The van der Waals surface area contributed by atoms with Crippen LogP contribution in [0, 0.1) is 17.1 Å².